The monoisotopic (exact) mass is 277 g/mol. The Bertz CT molecular complexity index is 411. The van der Waals surface area contributed by atoms with Crippen LogP contribution in [-0.4, -0.2) is 49.8 Å². The highest BCUT2D eigenvalue weighted by molar-refractivity contribution is 5.64. The average Bonchev–Trinajstić information content (AvgIpc) is 2.90. The lowest BCUT2D eigenvalue weighted by molar-refractivity contribution is 0.156. The Morgan fingerprint density at radius 1 is 1.40 bits per heavy atom. The number of primary amides is 1. The summed E-state index contributed by atoms with van der Waals surface area (Å²) < 4.78 is 4.70. The van der Waals surface area contributed by atoms with Gasteiger partial charge in [-0.15, -0.1) is 0 Å². The molecule has 0 spiro atoms. The van der Waals surface area contributed by atoms with Gasteiger partial charge >= 0.3 is 6.09 Å². The molecule has 3 N–H and O–H groups in total. The SMILES string of the molecule is NC(=O)OCCNC1CCN(CCc2ccccc2)C1. The highest BCUT2D eigenvalue weighted by Crippen LogP contribution is 2.10. The summed E-state index contributed by atoms with van der Waals surface area (Å²) in [5.41, 5.74) is 6.29. The Labute approximate surface area is 120 Å². The minimum absolute atomic E-state index is 0.343. The lowest BCUT2D eigenvalue weighted by Gasteiger charge is -2.16. The number of nitrogens with zero attached hydrogens (tertiary/aromatic N) is 1. The second-order valence-electron chi connectivity index (χ2n) is 5.14. The molecule has 5 nitrogen and oxygen atoms in total. The number of carbonyl (C=O) groups is 1. The molecule has 0 saturated carbocycles. The molecule has 0 aliphatic carbocycles. The van der Waals surface area contributed by atoms with Crippen molar-refractivity contribution in [2.75, 3.05) is 32.8 Å². The number of rotatable bonds is 7. The number of ether oxygens (including phenoxy) is 1. The summed E-state index contributed by atoms with van der Waals surface area (Å²) in [5.74, 6) is 0. The van der Waals surface area contributed by atoms with E-state index in [-0.39, 0.29) is 0 Å². The van der Waals surface area contributed by atoms with E-state index in [2.05, 4.69) is 34.5 Å². The zero-order chi connectivity index (χ0) is 14.2. The molecule has 0 bridgehead atoms. The first-order chi connectivity index (χ1) is 9.74. The molecule has 2 rings (SSSR count). The van der Waals surface area contributed by atoms with Crippen molar-refractivity contribution >= 4 is 6.09 Å². The van der Waals surface area contributed by atoms with Crippen LogP contribution < -0.4 is 11.1 Å². The number of hydrogen-bond acceptors (Lipinski definition) is 4. The van der Waals surface area contributed by atoms with E-state index >= 15 is 0 Å². The quantitative estimate of drug-likeness (QED) is 0.729. The van der Waals surface area contributed by atoms with E-state index < -0.39 is 6.09 Å². The molecule has 1 aliphatic rings. The first-order valence-electron chi connectivity index (χ1n) is 7.16. The Balaban J connectivity index is 1.59. The van der Waals surface area contributed by atoms with Crippen LogP contribution in [0, 0.1) is 0 Å². The van der Waals surface area contributed by atoms with Crippen molar-refractivity contribution in [1.82, 2.24) is 10.2 Å². The van der Waals surface area contributed by atoms with Gasteiger partial charge in [-0.1, -0.05) is 30.3 Å². The highest BCUT2D eigenvalue weighted by Gasteiger charge is 2.21. The summed E-state index contributed by atoms with van der Waals surface area (Å²) in [7, 11) is 0. The normalized spacial score (nSPS) is 19.1. The van der Waals surface area contributed by atoms with Gasteiger partial charge in [0.25, 0.3) is 0 Å². The van der Waals surface area contributed by atoms with E-state index in [0.29, 0.717) is 19.2 Å². The fraction of sp³-hybridized carbons (Fsp3) is 0.533. The van der Waals surface area contributed by atoms with Crippen molar-refractivity contribution in [3.63, 3.8) is 0 Å². The van der Waals surface area contributed by atoms with Crippen molar-refractivity contribution in [2.45, 2.75) is 18.9 Å². The topological polar surface area (TPSA) is 67.6 Å². The van der Waals surface area contributed by atoms with E-state index in [9.17, 15) is 4.79 Å². The number of likely N-dealkylation sites (tertiary alicyclic amines) is 1. The number of nitrogens with two attached hydrogens (primary N) is 1. The molecular weight excluding hydrogens is 254 g/mol. The van der Waals surface area contributed by atoms with Crippen LogP contribution in [0.1, 0.15) is 12.0 Å². The third-order valence-electron chi connectivity index (χ3n) is 3.61. The zero-order valence-electron chi connectivity index (χ0n) is 11.8. The van der Waals surface area contributed by atoms with E-state index in [1.165, 1.54) is 5.56 Å². The first-order valence-corrected chi connectivity index (χ1v) is 7.16. The van der Waals surface area contributed by atoms with Gasteiger partial charge in [0.05, 0.1) is 0 Å². The minimum atomic E-state index is -0.706. The van der Waals surface area contributed by atoms with Crippen LogP contribution in [0.4, 0.5) is 4.79 Å². The van der Waals surface area contributed by atoms with Crippen LogP contribution in [0.15, 0.2) is 30.3 Å². The molecule has 1 saturated heterocycles. The maximum Gasteiger partial charge on any atom is 0.404 e. The molecule has 20 heavy (non-hydrogen) atoms. The fourth-order valence-electron chi connectivity index (χ4n) is 2.55. The van der Waals surface area contributed by atoms with E-state index in [1.807, 2.05) is 6.07 Å². The number of nitrogens with one attached hydrogen (secondary N) is 1. The Hall–Kier alpha value is -1.59. The molecule has 1 heterocycles. The molecule has 110 valence electrons. The van der Waals surface area contributed by atoms with Gasteiger partial charge < -0.3 is 20.7 Å². The Morgan fingerprint density at radius 3 is 2.95 bits per heavy atom. The molecule has 1 aliphatic heterocycles. The van der Waals surface area contributed by atoms with Crippen molar-refractivity contribution in [2.24, 2.45) is 5.73 Å². The molecular formula is C15H23N3O2. The summed E-state index contributed by atoms with van der Waals surface area (Å²) in [6, 6.07) is 11.1. The van der Waals surface area contributed by atoms with Crippen LogP contribution in [0.25, 0.3) is 0 Å². The fourth-order valence-corrected chi connectivity index (χ4v) is 2.55. The molecule has 5 heteroatoms. The van der Waals surface area contributed by atoms with Gasteiger partial charge in [-0.2, -0.15) is 0 Å². The largest absolute Gasteiger partial charge is 0.448 e. The molecule has 1 unspecified atom stereocenters. The molecule has 1 fully saturated rings. The van der Waals surface area contributed by atoms with Crippen LogP contribution >= 0.6 is 0 Å². The van der Waals surface area contributed by atoms with Gasteiger partial charge in [-0.05, 0) is 24.9 Å². The molecule has 0 radical (unpaired) electrons. The zero-order valence-corrected chi connectivity index (χ0v) is 11.8. The minimum Gasteiger partial charge on any atom is -0.448 e. The number of amides is 1. The molecule has 1 aromatic carbocycles. The lowest BCUT2D eigenvalue weighted by Crippen LogP contribution is -2.35. The molecule has 1 aromatic rings. The third kappa shape index (κ3) is 5.19. The Kier molecular flexibility index (Phi) is 5.83. The highest BCUT2D eigenvalue weighted by atomic mass is 16.5. The van der Waals surface area contributed by atoms with Crippen LogP contribution in [-0.2, 0) is 11.2 Å². The standard InChI is InChI=1S/C15H23N3O2/c16-15(19)20-11-8-17-14-7-10-18(12-14)9-6-13-4-2-1-3-5-13/h1-5,14,17H,6-12H2,(H2,16,19). The van der Waals surface area contributed by atoms with Crippen molar-refractivity contribution in [1.29, 1.82) is 0 Å². The van der Waals surface area contributed by atoms with Gasteiger partial charge in [-0.3, -0.25) is 0 Å². The summed E-state index contributed by atoms with van der Waals surface area (Å²) in [6.45, 7) is 4.29. The van der Waals surface area contributed by atoms with Gasteiger partial charge in [0.15, 0.2) is 0 Å². The van der Waals surface area contributed by atoms with E-state index in [4.69, 9.17) is 10.5 Å². The predicted octanol–water partition coefficient (Wildman–Crippen LogP) is 0.988. The maximum atomic E-state index is 10.4. The predicted molar refractivity (Wildman–Crippen MR) is 78.5 cm³/mol. The van der Waals surface area contributed by atoms with Gasteiger partial charge in [0.2, 0.25) is 0 Å². The number of hydrogen-bond donors (Lipinski definition) is 2. The van der Waals surface area contributed by atoms with Crippen LogP contribution in [0.2, 0.25) is 0 Å². The summed E-state index contributed by atoms with van der Waals surface area (Å²) in [6.07, 6.45) is 1.53. The van der Waals surface area contributed by atoms with Crippen molar-refractivity contribution < 1.29 is 9.53 Å². The summed E-state index contributed by atoms with van der Waals surface area (Å²) >= 11 is 0. The average molecular weight is 277 g/mol. The van der Waals surface area contributed by atoms with E-state index in [1.54, 1.807) is 0 Å². The van der Waals surface area contributed by atoms with Gasteiger partial charge in [0.1, 0.15) is 6.61 Å². The number of carbonyl (C=O) groups excluding carboxylic acids is 1. The first kappa shape index (κ1) is 14.8. The molecule has 1 amide bonds. The van der Waals surface area contributed by atoms with E-state index in [0.717, 1.165) is 32.5 Å². The molecule has 1 atom stereocenters. The Morgan fingerprint density at radius 2 is 2.20 bits per heavy atom. The van der Waals surface area contributed by atoms with Crippen molar-refractivity contribution in [3.05, 3.63) is 35.9 Å². The summed E-state index contributed by atoms with van der Waals surface area (Å²) in [5, 5.41) is 3.39. The van der Waals surface area contributed by atoms with Gasteiger partial charge in [-0.25, -0.2) is 4.79 Å². The smallest absolute Gasteiger partial charge is 0.404 e. The second kappa shape index (κ2) is 7.87. The van der Waals surface area contributed by atoms with Gasteiger partial charge in [0, 0.05) is 25.7 Å². The van der Waals surface area contributed by atoms with Crippen LogP contribution in [0.5, 0.6) is 0 Å². The maximum absolute atomic E-state index is 10.4. The third-order valence-corrected chi connectivity index (χ3v) is 3.61. The number of benzene rings is 1. The van der Waals surface area contributed by atoms with Crippen LogP contribution in [0.3, 0.4) is 0 Å². The molecule has 0 aromatic heterocycles. The second-order valence-corrected chi connectivity index (χ2v) is 5.14. The van der Waals surface area contributed by atoms with Crippen molar-refractivity contribution in [3.8, 4) is 0 Å². The summed E-state index contributed by atoms with van der Waals surface area (Å²) in [4.78, 5) is 12.9. The lowest BCUT2D eigenvalue weighted by atomic mass is 10.1.